The van der Waals surface area contributed by atoms with E-state index in [4.69, 9.17) is 16.3 Å². The summed E-state index contributed by atoms with van der Waals surface area (Å²) in [7, 11) is 0. The Morgan fingerprint density at radius 2 is 2.00 bits per heavy atom. The van der Waals surface area contributed by atoms with Crippen molar-refractivity contribution in [1.29, 1.82) is 0 Å². The summed E-state index contributed by atoms with van der Waals surface area (Å²) in [6.45, 7) is 10.6. The van der Waals surface area contributed by atoms with Gasteiger partial charge < -0.3 is 25.2 Å². The molecule has 0 atom stereocenters. The highest BCUT2D eigenvalue weighted by molar-refractivity contribution is 6.31. The second-order valence-electron chi connectivity index (χ2n) is 5.67. The van der Waals surface area contributed by atoms with Crippen molar-refractivity contribution in [2.75, 3.05) is 62.7 Å². The summed E-state index contributed by atoms with van der Waals surface area (Å²) in [5.74, 6) is 0. The molecule has 1 aromatic rings. The van der Waals surface area contributed by atoms with Crippen LogP contribution >= 0.6 is 11.6 Å². The van der Waals surface area contributed by atoms with Gasteiger partial charge in [0.2, 0.25) is 0 Å². The van der Waals surface area contributed by atoms with Crippen molar-refractivity contribution in [3.63, 3.8) is 0 Å². The molecule has 1 fully saturated rings. The minimum atomic E-state index is -0.209. The first-order chi connectivity index (χ1) is 11.6. The molecule has 0 saturated carbocycles. The maximum atomic E-state index is 12.2. The van der Waals surface area contributed by atoms with Gasteiger partial charge in [-0.3, -0.25) is 0 Å². The molecule has 2 N–H and O–H groups in total. The molecule has 0 radical (unpaired) electrons. The van der Waals surface area contributed by atoms with Crippen LogP contribution in [0.25, 0.3) is 0 Å². The fourth-order valence-electron chi connectivity index (χ4n) is 2.72. The molecule has 0 aliphatic carbocycles. The number of carbonyl (C=O) groups excluding carboxylic acids is 1. The molecule has 0 unspecified atom stereocenters. The number of hydrogen-bond donors (Lipinski definition) is 2. The molecule has 7 heteroatoms. The van der Waals surface area contributed by atoms with Crippen molar-refractivity contribution in [3.05, 3.63) is 23.2 Å². The van der Waals surface area contributed by atoms with E-state index in [9.17, 15) is 4.79 Å². The molecule has 2 rings (SSSR count). The van der Waals surface area contributed by atoms with Gasteiger partial charge in [0.25, 0.3) is 0 Å². The van der Waals surface area contributed by atoms with Crippen LogP contribution in [0.15, 0.2) is 18.2 Å². The van der Waals surface area contributed by atoms with Gasteiger partial charge in [0.05, 0.1) is 24.6 Å². The fraction of sp³-hybridized carbons (Fsp3) is 0.588. The largest absolute Gasteiger partial charge is 0.378 e. The summed E-state index contributed by atoms with van der Waals surface area (Å²) in [5.41, 5.74) is 1.70. The molecule has 0 bridgehead atoms. The predicted octanol–water partition coefficient (Wildman–Crippen LogP) is 2.64. The topological polar surface area (TPSA) is 56.8 Å². The van der Waals surface area contributed by atoms with Gasteiger partial charge in [0, 0.05) is 31.2 Å². The van der Waals surface area contributed by atoms with Crippen LogP contribution in [0.1, 0.15) is 13.8 Å². The Labute approximate surface area is 149 Å². The molecule has 1 heterocycles. The Hall–Kier alpha value is -1.50. The van der Waals surface area contributed by atoms with Gasteiger partial charge in [-0.15, -0.1) is 0 Å². The number of nitrogens with one attached hydrogen (secondary N) is 2. The van der Waals surface area contributed by atoms with E-state index in [1.54, 1.807) is 6.07 Å². The molecule has 1 aromatic carbocycles. The molecule has 1 aliphatic heterocycles. The lowest BCUT2D eigenvalue weighted by molar-refractivity contribution is 0.123. The number of rotatable bonds is 7. The number of carbonyl (C=O) groups is 1. The first-order valence-corrected chi connectivity index (χ1v) is 8.91. The van der Waals surface area contributed by atoms with E-state index in [1.807, 2.05) is 12.1 Å². The van der Waals surface area contributed by atoms with E-state index < -0.39 is 0 Å². The summed E-state index contributed by atoms with van der Waals surface area (Å²) in [6, 6.07) is 5.37. The number of likely N-dealkylation sites (N-methyl/N-ethyl adjacent to an activating group) is 1. The van der Waals surface area contributed by atoms with Crippen molar-refractivity contribution in [2.45, 2.75) is 13.8 Å². The number of amides is 2. The van der Waals surface area contributed by atoms with Crippen molar-refractivity contribution < 1.29 is 9.53 Å². The van der Waals surface area contributed by atoms with Gasteiger partial charge >= 0.3 is 6.03 Å². The van der Waals surface area contributed by atoms with Crippen molar-refractivity contribution in [2.24, 2.45) is 0 Å². The highest BCUT2D eigenvalue weighted by Gasteiger charge is 2.16. The monoisotopic (exact) mass is 354 g/mol. The first kappa shape index (κ1) is 18.8. The van der Waals surface area contributed by atoms with Gasteiger partial charge in [0.15, 0.2) is 0 Å². The van der Waals surface area contributed by atoms with Crippen LogP contribution in [-0.4, -0.2) is 63.4 Å². The number of nitrogens with zero attached hydrogens (tertiary/aromatic N) is 2. The van der Waals surface area contributed by atoms with Crippen molar-refractivity contribution in [3.8, 4) is 0 Å². The standard InChI is InChI=1S/C17H27ClN4O2/c1-3-21(4-2)8-7-19-17(23)20-15-13-14(18)5-6-16(15)22-9-11-24-12-10-22/h5-6,13H,3-4,7-12H2,1-2H3,(H2,19,20,23). The normalized spacial score (nSPS) is 14.8. The van der Waals surface area contributed by atoms with Gasteiger partial charge in [-0.2, -0.15) is 0 Å². The van der Waals surface area contributed by atoms with Crippen LogP contribution in [0, 0.1) is 0 Å². The average molecular weight is 355 g/mol. The van der Waals surface area contributed by atoms with E-state index in [-0.39, 0.29) is 6.03 Å². The molecule has 134 valence electrons. The molecule has 24 heavy (non-hydrogen) atoms. The number of halogens is 1. The zero-order valence-corrected chi connectivity index (χ0v) is 15.2. The van der Waals surface area contributed by atoms with Crippen molar-refractivity contribution in [1.82, 2.24) is 10.2 Å². The van der Waals surface area contributed by atoms with Gasteiger partial charge in [0.1, 0.15) is 0 Å². The smallest absolute Gasteiger partial charge is 0.319 e. The summed E-state index contributed by atoms with van der Waals surface area (Å²) in [5, 5.41) is 6.43. The highest BCUT2D eigenvalue weighted by Crippen LogP contribution is 2.29. The van der Waals surface area contributed by atoms with E-state index in [1.165, 1.54) is 0 Å². The lowest BCUT2D eigenvalue weighted by Gasteiger charge is -2.30. The number of hydrogen-bond acceptors (Lipinski definition) is 4. The van der Waals surface area contributed by atoms with Crippen LogP contribution in [0.5, 0.6) is 0 Å². The molecule has 6 nitrogen and oxygen atoms in total. The van der Waals surface area contributed by atoms with Crippen molar-refractivity contribution >= 4 is 29.0 Å². The van der Waals surface area contributed by atoms with Crippen LogP contribution in [-0.2, 0) is 4.74 Å². The van der Waals surface area contributed by atoms with Crippen LogP contribution in [0.3, 0.4) is 0 Å². The summed E-state index contributed by atoms with van der Waals surface area (Å²) >= 11 is 6.10. The predicted molar refractivity (Wildman–Crippen MR) is 99.3 cm³/mol. The number of urea groups is 1. The third-order valence-electron chi connectivity index (χ3n) is 4.17. The molecule has 1 saturated heterocycles. The Morgan fingerprint density at radius 3 is 2.67 bits per heavy atom. The minimum Gasteiger partial charge on any atom is -0.378 e. The summed E-state index contributed by atoms with van der Waals surface area (Å²) in [6.07, 6.45) is 0. The lowest BCUT2D eigenvalue weighted by Crippen LogP contribution is -2.38. The quantitative estimate of drug-likeness (QED) is 0.790. The Balaban J connectivity index is 1.95. The minimum absolute atomic E-state index is 0.209. The number of morpholine rings is 1. The van der Waals surface area contributed by atoms with Crippen LogP contribution in [0.4, 0.5) is 16.2 Å². The Bertz CT molecular complexity index is 531. The zero-order valence-electron chi connectivity index (χ0n) is 14.5. The summed E-state index contributed by atoms with van der Waals surface area (Å²) < 4.78 is 5.39. The van der Waals surface area contributed by atoms with E-state index >= 15 is 0 Å². The maximum absolute atomic E-state index is 12.2. The SMILES string of the molecule is CCN(CC)CCNC(=O)Nc1cc(Cl)ccc1N1CCOCC1. The average Bonchev–Trinajstić information content (AvgIpc) is 2.59. The van der Waals surface area contributed by atoms with Crippen LogP contribution < -0.4 is 15.5 Å². The van der Waals surface area contributed by atoms with Gasteiger partial charge in [-0.1, -0.05) is 25.4 Å². The molecule has 0 aromatic heterocycles. The van der Waals surface area contributed by atoms with Gasteiger partial charge in [-0.25, -0.2) is 4.79 Å². The van der Waals surface area contributed by atoms with E-state index in [0.29, 0.717) is 24.8 Å². The third-order valence-corrected chi connectivity index (χ3v) is 4.40. The highest BCUT2D eigenvalue weighted by atomic mass is 35.5. The molecule has 1 aliphatic rings. The van der Waals surface area contributed by atoms with E-state index in [0.717, 1.165) is 44.1 Å². The first-order valence-electron chi connectivity index (χ1n) is 8.53. The number of benzene rings is 1. The fourth-order valence-corrected chi connectivity index (χ4v) is 2.89. The second kappa shape index (κ2) is 9.71. The molecule has 2 amide bonds. The Kier molecular flexibility index (Phi) is 7.62. The molecular formula is C17H27ClN4O2. The van der Waals surface area contributed by atoms with E-state index in [2.05, 4.69) is 34.3 Å². The second-order valence-corrected chi connectivity index (χ2v) is 6.11. The zero-order chi connectivity index (χ0) is 17.4. The number of anilines is 2. The molecular weight excluding hydrogens is 328 g/mol. The lowest BCUT2D eigenvalue weighted by atomic mass is 10.2. The molecule has 0 spiro atoms. The van der Waals surface area contributed by atoms with Gasteiger partial charge in [-0.05, 0) is 31.3 Å². The maximum Gasteiger partial charge on any atom is 0.319 e. The third kappa shape index (κ3) is 5.54. The van der Waals surface area contributed by atoms with Crippen LogP contribution in [0.2, 0.25) is 5.02 Å². The Morgan fingerprint density at radius 1 is 1.29 bits per heavy atom. The number of ether oxygens (including phenoxy) is 1. The summed E-state index contributed by atoms with van der Waals surface area (Å²) in [4.78, 5) is 16.7.